The summed E-state index contributed by atoms with van der Waals surface area (Å²) in [5.74, 6) is -0.161. The lowest BCUT2D eigenvalue weighted by Crippen LogP contribution is -2.49. The molecule has 1 fully saturated rings. The van der Waals surface area contributed by atoms with Gasteiger partial charge in [0, 0.05) is 27.4 Å². The molecule has 0 aromatic carbocycles. The van der Waals surface area contributed by atoms with E-state index in [1.54, 1.807) is 36.1 Å². The van der Waals surface area contributed by atoms with E-state index in [0.29, 0.717) is 5.69 Å². The molecule has 1 N–H and O–H groups in total. The lowest BCUT2D eigenvalue weighted by Gasteiger charge is -2.33. The molecule has 3 atom stereocenters. The number of rotatable bonds is 3. The van der Waals surface area contributed by atoms with Gasteiger partial charge in [0.2, 0.25) is 0 Å². The molecule has 1 saturated carbocycles. The molecule has 1 aromatic heterocycles. The molecule has 0 spiro atoms. The van der Waals surface area contributed by atoms with Crippen LogP contribution in [0.5, 0.6) is 0 Å². The number of hydrogen-bond donors (Lipinski definition) is 1. The number of nitrogens with zero attached hydrogens (tertiary/aromatic N) is 3. The van der Waals surface area contributed by atoms with E-state index in [4.69, 9.17) is 4.74 Å². The van der Waals surface area contributed by atoms with E-state index in [2.05, 4.69) is 4.98 Å². The Morgan fingerprint density at radius 2 is 2.20 bits per heavy atom. The first-order valence-electron chi connectivity index (χ1n) is 7.00. The van der Waals surface area contributed by atoms with Crippen LogP contribution < -0.4 is 0 Å². The molecular weight excluding hydrogens is 258 g/mol. The van der Waals surface area contributed by atoms with Crippen molar-refractivity contribution in [1.29, 1.82) is 0 Å². The topological polar surface area (TPSA) is 67.6 Å². The Balaban J connectivity index is 2.13. The van der Waals surface area contributed by atoms with Gasteiger partial charge in [-0.05, 0) is 12.8 Å². The summed E-state index contributed by atoms with van der Waals surface area (Å²) in [7, 11) is 5.16. The van der Waals surface area contributed by atoms with Crippen LogP contribution in [0.4, 0.5) is 0 Å². The smallest absolute Gasteiger partial charge is 0.274 e. The Labute approximate surface area is 119 Å². The van der Waals surface area contributed by atoms with Crippen molar-refractivity contribution in [1.82, 2.24) is 14.5 Å². The zero-order chi connectivity index (χ0) is 14.7. The van der Waals surface area contributed by atoms with Gasteiger partial charge in [0.05, 0.1) is 18.5 Å². The minimum atomic E-state index is -0.653. The van der Waals surface area contributed by atoms with Crippen molar-refractivity contribution in [3.63, 3.8) is 0 Å². The summed E-state index contributed by atoms with van der Waals surface area (Å²) in [5, 5.41) is 10.4. The summed E-state index contributed by atoms with van der Waals surface area (Å²) in [5.41, 5.74) is 0.403. The third kappa shape index (κ3) is 3.02. The van der Waals surface area contributed by atoms with Crippen LogP contribution in [0.2, 0.25) is 0 Å². The minimum absolute atomic E-state index is 0.161. The Bertz CT molecular complexity index is 460. The second-order valence-electron chi connectivity index (χ2n) is 5.46. The molecule has 6 heteroatoms. The van der Waals surface area contributed by atoms with Crippen molar-refractivity contribution in [3.05, 3.63) is 18.2 Å². The van der Waals surface area contributed by atoms with Gasteiger partial charge in [-0.1, -0.05) is 12.8 Å². The van der Waals surface area contributed by atoms with Gasteiger partial charge >= 0.3 is 0 Å². The largest absolute Gasteiger partial charge is 0.388 e. The number of hydrogen-bond acceptors (Lipinski definition) is 4. The summed E-state index contributed by atoms with van der Waals surface area (Å²) >= 11 is 0. The van der Waals surface area contributed by atoms with Crippen LogP contribution in [0.25, 0.3) is 0 Å². The van der Waals surface area contributed by atoms with Gasteiger partial charge in [0.1, 0.15) is 11.8 Å². The van der Waals surface area contributed by atoms with Gasteiger partial charge in [-0.3, -0.25) is 4.79 Å². The zero-order valence-corrected chi connectivity index (χ0v) is 12.3. The van der Waals surface area contributed by atoms with Crippen LogP contribution >= 0.6 is 0 Å². The summed E-state index contributed by atoms with van der Waals surface area (Å²) in [6.45, 7) is 0. The lowest BCUT2D eigenvalue weighted by molar-refractivity contribution is -0.0463. The number of likely N-dealkylation sites (N-methyl/N-ethyl adjacent to an activating group) is 1. The average molecular weight is 281 g/mol. The molecule has 0 aliphatic heterocycles. The zero-order valence-electron chi connectivity index (χ0n) is 12.3. The lowest BCUT2D eigenvalue weighted by atomic mass is 10.0. The molecule has 1 aliphatic carbocycles. The second-order valence-corrected chi connectivity index (χ2v) is 5.46. The second kappa shape index (κ2) is 6.37. The van der Waals surface area contributed by atoms with E-state index in [9.17, 15) is 9.90 Å². The maximum Gasteiger partial charge on any atom is 0.274 e. The Morgan fingerprint density at radius 3 is 2.80 bits per heavy atom. The fourth-order valence-electron chi connectivity index (χ4n) is 2.82. The molecule has 1 heterocycles. The SMILES string of the molecule is CO[C@@H]1CCCC[C@@H](N(C)C(=O)c2cn(C)cn2)[C@H]1O. The van der Waals surface area contributed by atoms with Crippen molar-refractivity contribution in [3.8, 4) is 0 Å². The van der Waals surface area contributed by atoms with Crippen molar-refractivity contribution < 1.29 is 14.6 Å². The number of amides is 1. The van der Waals surface area contributed by atoms with Crippen LogP contribution in [0.15, 0.2) is 12.5 Å². The van der Waals surface area contributed by atoms with E-state index in [-0.39, 0.29) is 18.1 Å². The highest BCUT2D eigenvalue weighted by Gasteiger charge is 2.35. The summed E-state index contributed by atoms with van der Waals surface area (Å²) in [6.07, 6.45) is 6.05. The molecule has 20 heavy (non-hydrogen) atoms. The van der Waals surface area contributed by atoms with Crippen LogP contribution in [0.1, 0.15) is 36.2 Å². The van der Waals surface area contributed by atoms with E-state index in [0.717, 1.165) is 25.7 Å². The standard InChI is InChI=1S/C14H23N3O3/c1-16-8-10(15-9-16)14(19)17(2)11-6-4-5-7-12(20-3)13(11)18/h8-9,11-13,18H,4-7H2,1-3H3/t11-,12-,13-/m1/s1. The molecule has 0 radical (unpaired) electrons. The summed E-state index contributed by atoms with van der Waals surface area (Å²) in [4.78, 5) is 18.1. The number of aliphatic hydroxyl groups excluding tert-OH is 1. The maximum absolute atomic E-state index is 12.4. The van der Waals surface area contributed by atoms with Crippen LogP contribution in [-0.4, -0.2) is 57.9 Å². The molecule has 112 valence electrons. The number of aromatic nitrogens is 2. The fourth-order valence-corrected chi connectivity index (χ4v) is 2.82. The highest BCUT2D eigenvalue weighted by atomic mass is 16.5. The average Bonchev–Trinajstić information content (AvgIpc) is 2.78. The van der Waals surface area contributed by atoms with E-state index >= 15 is 0 Å². The number of aryl methyl sites for hydroxylation is 1. The van der Waals surface area contributed by atoms with Crippen molar-refractivity contribution in [2.75, 3.05) is 14.2 Å². The first-order valence-corrected chi connectivity index (χ1v) is 7.00. The van der Waals surface area contributed by atoms with E-state index in [1.165, 1.54) is 0 Å². The molecule has 6 nitrogen and oxygen atoms in total. The third-order valence-electron chi connectivity index (χ3n) is 4.06. The third-order valence-corrected chi connectivity index (χ3v) is 4.06. The summed E-state index contributed by atoms with van der Waals surface area (Å²) in [6, 6.07) is -0.225. The van der Waals surface area contributed by atoms with Crippen LogP contribution in [-0.2, 0) is 11.8 Å². The van der Waals surface area contributed by atoms with E-state index < -0.39 is 6.10 Å². The van der Waals surface area contributed by atoms with Gasteiger partial charge in [-0.15, -0.1) is 0 Å². The van der Waals surface area contributed by atoms with Crippen molar-refractivity contribution in [2.24, 2.45) is 7.05 Å². The molecule has 0 bridgehead atoms. The number of ether oxygens (including phenoxy) is 1. The van der Waals surface area contributed by atoms with Crippen LogP contribution in [0.3, 0.4) is 0 Å². The number of carbonyl (C=O) groups is 1. The normalized spacial score (nSPS) is 27.1. The van der Waals surface area contributed by atoms with Crippen molar-refractivity contribution in [2.45, 2.75) is 43.9 Å². The quantitative estimate of drug-likeness (QED) is 0.833. The number of carbonyl (C=O) groups excluding carboxylic acids is 1. The number of aliphatic hydroxyl groups is 1. The number of imidazole rings is 1. The first-order chi connectivity index (χ1) is 9.54. The number of methoxy groups -OCH3 is 1. The molecule has 1 aromatic rings. The maximum atomic E-state index is 12.4. The van der Waals surface area contributed by atoms with Gasteiger partial charge in [0.15, 0.2) is 0 Å². The van der Waals surface area contributed by atoms with E-state index in [1.807, 2.05) is 7.05 Å². The Morgan fingerprint density at radius 1 is 1.50 bits per heavy atom. The Kier molecular flexibility index (Phi) is 4.77. The first kappa shape index (κ1) is 15.0. The molecular formula is C14H23N3O3. The molecule has 0 saturated heterocycles. The Hall–Kier alpha value is -1.40. The predicted octanol–water partition coefficient (Wildman–Crippen LogP) is 0.811. The van der Waals surface area contributed by atoms with Gasteiger partial charge in [0.25, 0.3) is 5.91 Å². The van der Waals surface area contributed by atoms with Crippen molar-refractivity contribution >= 4 is 5.91 Å². The monoisotopic (exact) mass is 281 g/mol. The molecule has 1 amide bonds. The predicted molar refractivity (Wildman–Crippen MR) is 74.4 cm³/mol. The molecule has 2 rings (SSSR count). The minimum Gasteiger partial charge on any atom is -0.388 e. The highest BCUT2D eigenvalue weighted by Crippen LogP contribution is 2.24. The van der Waals surface area contributed by atoms with Gasteiger partial charge in [-0.2, -0.15) is 0 Å². The molecule has 0 unspecified atom stereocenters. The summed E-state index contributed by atoms with van der Waals surface area (Å²) < 4.78 is 7.08. The van der Waals surface area contributed by atoms with Crippen LogP contribution in [0, 0.1) is 0 Å². The molecule has 1 aliphatic rings. The van der Waals surface area contributed by atoms with Gasteiger partial charge in [-0.25, -0.2) is 4.98 Å². The highest BCUT2D eigenvalue weighted by molar-refractivity contribution is 5.92. The van der Waals surface area contributed by atoms with Gasteiger partial charge < -0.3 is 19.3 Å². The fraction of sp³-hybridized carbons (Fsp3) is 0.714.